The van der Waals surface area contributed by atoms with Gasteiger partial charge in [-0.2, -0.15) is 13.2 Å². The highest BCUT2D eigenvalue weighted by Gasteiger charge is 2.30. The maximum absolute atomic E-state index is 12.6. The lowest BCUT2D eigenvalue weighted by atomic mass is 10.2. The van der Waals surface area contributed by atoms with E-state index in [4.69, 9.17) is 0 Å². The minimum absolute atomic E-state index is 0.0524. The van der Waals surface area contributed by atoms with Crippen LogP contribution in [0.5, 0.6) is 0 Å². The number of nitrogens with one attached hydrogen (secondary N) is 1. The van der Waals surface area contributed by atoms with E-state index < -0.39 is 11.7 Å². The lowest BCUT2D eigenvalue weighted by Gasteiger charge is -2.17. The molecule has 1 aromatic carbocycles. The maximum atomic E-state index is 12.6. The van der Waals surface area contributed by atoms with Crippen molar-refractivity contribution in [2.24, 2.45) is 0 Å². The normalized spacial score (nSPS) is 11.3. The first-order valence-corrected chi connectivity index (χ1v) is 7.41. The van der Waals surface area contributed by atoms with Crippen molar-refractivity contribution in [1.29, 1.82) is 0 Å². The third kappa shape index (κ3) is 4.49. The summed E-state index contributed by atoms with van der Waals surface area (Å²) in [6, 6.07) is 8.63. The Kier molecular flexibility index (Phi) is 5.07. The van der Waals surface area contributed by atoms with Gasteiger partial charge in [-0.25, -0.2) is 0 Å². The summed E-state index contributed by atoms with van der Waals surface area (Å²) in [7, 11) is 1.66. The minimum Gasteiger partial charge on any atom is -0.376 e. The van der Waals surface area contributed by atoms with Crippen LogP contribution in [0.25, 0.3) is 0 Å². The van der Waals surface area contributed by atoms with Crippen molar-refractivity contribution in [3.05, 3.63) is 52.2 Å². The number of carbonyl (C=O) groups is 1. The predicted molar refractivity (Wildman–Crippen MR) is 80.7 cm³/mol. The quantitative estimate of drug-likeness (QED) is 0.904. The van der Waals surface area contributed by atoms with Crippen molar-refractivity contribution >= 4 is 22.9 Å². The zero-order chi connectivity index (χ0) is 16.2. The summed E-state index contributed by atoms with van der Waals surface area (Å²) in [5, 5.41) is 4.65. The average molecular weight is 328 g/mol. The first kappa shape index (κ1) is 16.4. The molecule has 7 heteroatoms. The largest absolute Gasteiger partial charge is 0.416 e. The van der Waals surface area contributed by atoms with Gasteiger partial charge in [0, 0.05) is 17.6 Å². The Bertz CT molecular complexity index is 626. The lowest BCUT2D eigenvalue weighted by Crippen LogP contribution is -2.31. The van der Waals surface area contributed by atoms with Crippen molar-refractivity contribution < 1.29 is 18.0 Å². The fourth-order valence-electron chi connectivity index (χ4n) is 1.84. The Morgan fingerprint density at radius 1 is 1.27 bits per heavy atom. The molecule has 2 aromatic rings. The van der Waals surface area contributed by atoms with Crippen LogP contribution >= 0.6 is 11.3 Å². The van der Waals surface area contributed by atoms with Crippen molar-refractivity contribution in [2.75, 3.05) is 18.9 Å². The molecule has 22 heavy (non-hydrogen) atoms. The molecule has 1 N–H and O–H groups in total. The van der Waals surface area contributed by atoms with E-state index in [1.54, 1.807) is 18.4 Å². The summed E-state index contributed by atoms with van der Waals surface area (Å²) in [4.78, 5) is 14.6. The van der Waals surface area contributed by atoms with Crippen LogP contribution in [0.1, 0.15) is 10.4 Å². The summed E-state index contributed by atoms with van der Waals surface area (Å²) in [6.07, 6.45) is -4.39. The number of rotatable bonds is 5. The monoisotopic (exact) mass is 328 g/mol. The third-order valence-corrected chi connectivity index (χ3v) is 3.89. The van der Waals surface area contributed by atoms with E-state index >= 15 is 0 Å². The van der Waals surface area contributed by atoms with Crippen LogP contribution in [-0.2, 0) is 17.5 Å². The molecule has 1 amide bonds. The molecule has 0 aliphatic heterocycles. The summed E-state index contributed by atoms with van der Waals surface area (Å²) in [6.45, 7) is 0.434. The van der Waals surface area contributed by atoms with E-state index in [9.17, 15) is 18.0 Å². The SMILES string of the molecule is CN(Cc1cccs1)C(=O)CNc1cccc(C(F)(F)F)c1. The molecule has 1 heterocycles. The second-order valence-corrected chi connectivity index (χ2v) is 5.79. The number of amides is 1. The van der Waals surface area contributed by atoms with Gasteiger partial charge in [-0.3, -0.25) is 4.79 Å². The topological polar surface area (TPSA) is 32.3 Å². The Hall–Kier alpha value is -2.02. The van der Waals surface area contributed by atoms with Gasteiger partial charge in [-0.05, 0) is 29.6 Å². The highest BCUT2D eigenvalue weighted by molar-refractivity contribution is 7.09. The number of nitrogens with zero attached hydrogens (tertiary/aromatic N) is 1. The molecule has 0 radical (unpaired) electrons. The van der Waals surface area contributed by atoms with Crippen molar-refractivity contribution in [3.63, 3.8) is 0 Å². The van der Waals surface area contributed by atoms with Crippen LogP contribution in [0.2, 0.25) is 0 Å². The van der Waals surface area contributed by atoms with Gasteiger partial charge >= 0.3 is 6.18 Å². The number of thiophene rings is 1. The van der Waals surface area contributed by atoms with E-state index in [0.717, 1.165) is 17.0 Å². The molecule has 0 atom stereocenters. The number of alkyl halides is 3. The van der Waals surface area contributed by atoms with Gasteiger partial charge in [0.2, 0.25) is 5.91 Å². The molecular weight excluding hydrogens is 313 g/mol. The van der Waals surface area contributed by atoms with Gasteiger partial charge in [0.15, 0.2) is 0 Å². The van der Waals surface area contributed by atoms with Crippen LogP contribution in [-0.4, -0.2) is 24.4 Å². The number of anilines is 1. The van der Waals surface area contributed by atoms with E-state index in [0.29, 0.717) is 6.54 Å². The fraction of sp³-hybridized carbons (Fsp3) is 0.267. The zero-order valence-electron chi connectivity index (χ0n) is 11.9. The van der Waals surface area contributed by atoms with E-state index in [1.807, 2.05) is 17.5 Å². The van der Waals surface area contributed by atoms with Gasteiger partial charge in [0.1, 0.15) is 0 Å². The summed E-state index contributed by atoms with van der Waals surface area (Å²) >= 11 is 1.55. The Morgan fingerprint density at radius 2 is 2.05 bits per heavy atom. The Balaban J connectivity index is 1.91. The molecule has 0 saturated heterocycles. The number of benzene rings is 1. The van der Waals surface area contributed by atoms with Gasteiger partial charge in [0.25, 0.3) is 0 Å². The molecule has 2 rings (SSSR count). The molecular formula is C15H15F3N2OS. The minimum atomic E-state index is -4.39. The van der Waals surface area contributed by atoms with Crippen molar-refractivity contribution in [2.45, 2.75) is 12.7 Å². The first-order valence-electron chi connectivity index (χ1n) is 6.54. The van der Waals surface area contributed by atoms with Crippen molar-refractivity contribution in [3.8, 4) is 0 Å². The number of hydrogen-bond donors (Lipinski definition) is 1. The zero-order valence-corrected chi connectivity index (χ0v) is 12.7. The second kappa shape index (κ2) is 6.83. The van der Waals surface area contributed by atoms with Crippen molar-refractivity contribution in [1.82, 2.24) is 4.90 Å². The molecule has 0 unspecified atom stereocenters. The summed E-state index contributed by atoms with van der Waals surface area (Å²) in [5.41, 5.74) is -0.468. The molecule has 0 bridgehead atoms. The maximum Gasteiger partial charge on any atom is 0.416 e. The van der Waals surface area contributed by atoms with E-state index in [2.05, 4.69) is 5.32 Å². The smallest absolute Gasteiger partial charge is 0.376 e. The molecule has 3 nitrogen and oxygen atoms in total. The Labute approximate surface area is 130 Å². The predicted octanol–water partition coefficient (Wildman–Crippen LogP) is 3.84. The van der Waals surface area contributed by atoms with Gasteiger partial charge in [-0.15, -0.1) is 11.3 Å². The lowest BCUT2D eigenvalue weighted by molar-refractivity contribution is -0.137. The molecule has 0 saturated carbocycles. The summed E-state index contributed by atoms with van der Waals surface area (Å²) < 4.78 is 37.8. The molecule has 0 aliphatic rings. The third-order valence-electron chi connectivity index (χ3n) is 3.03. The molecule has 0 aliphatic carbocycles. The average Bonchev–Trinajstić information content (AvgIpc) is 2.97. The molecule has 0 fully saturated rings. The highest BCUT2D eigenvalue weighted by atomic mass is 32.1. The molecule has 118 valence electrons. The fourth-order valence-corrected chi connectivity index (χ4v) is 2.60. The van der Waals surface area contributed by atoms with Crippen LogP contribution < -0.4 is 5.32 Å². The number of halogens is 3. The summed E-state index contributed by atoms with van der Waals surface area (Å²) in [5.74, 6) is -0.189. The Morgan fingerprint density at radius 3 is 2.68 bits per heavy atom. The van der Waals surface area contributed by atoms with Crippen LogP contribution in [0, 0.1) is 0 Å². The van der Waals surface area contributed by atoms with Crippen LogP contribution in [0.4, 0.5) is 18.9 Å². The number of carbonyl (C=O) groups excluding carboxylic acids is 1. The molecule has 1 aromatic heterocycles. The van der Waals surface area contributed by atoms with E-state index in [1.165, 1.54) is 17.0 Å². The number of likely N-dealkylation sites (N-methyl/N-ethyl adjacent to an activating group) is 1. The van der Waals surface area contributed by atoms with Gasteiger partial charge in [-0.1, -0.05) is 12.1 Å². The number of hydrogen-bond acceptors (Lipinski definition) is 3. The molecule has 0 spiro atoms. The second-order valence-electron chi connectivity index (χ2n) is 4.76. The van der Waals surface area contributed by atoms with E-state index in [-0.39, 0.29) is 18.1 Å². The van der Waals surface area contributed by atoms with Gasteiger partial charge < -0.3 is 10.2 Å². The van der Waals surface area contributed by atoms with Crippen LogP contribution in [0.15, 0.2) is 41.8 Å². The first-order chi connectivity index (χ1) is 10.4. The highest BCUT2D eigenvalue weighted by Crippen LogP contribution is 2.30. The van der Waals surface area contributed by atoms with Gasteiger partial charge in [0.05, 0.1) is 18.7 Å². The van der Waals surface area contributed by atoms with Crippen LogP contribution in [0.3, 0.4) is 0 Å². The standard InChI is InChI=1S/C15H15F3N2OS/c1-20(10-13-6-3-7-22-13)14(21)9-19-12-5-2-4-11(8-12)15(16,17)18/h2-8,19H,9-10H2,1H3.